The Morgan fingerprint density at radius 3 is 2.29 bits per heavy atom. The number of anilines is 1. The van der Waals surface area contributed by atoms with E-state index in [9.17, 15) is 9.59 Å². The number of carbonyl (C=O) groups is 2. The maximum Gasteiger partial charge on any atom is 0.328 e. The summed E-state index contributed by atoms with van der Waals surface area (Å²) in [4.78, 5) is 26.4. The predicted molar refractivity (Wildman–Crippen MR) is 63.3 cm³/mol. The van der Waals surface area contributed by atoms with Crippen LogP contribution < -0.4 is 5.06 Å². The molecule has 0 bridgehead atoms. The molecule has 1 aromatic carbocycles. The summed E-state index contributed by atoms with van der Waals surface area (Å²) in [6.45, 7) is 1.39. The Hall–Kier alpha value is -2.14. The van der Waals surface area contributed by atoms with Gasteiger partial charge in [-0.3, -0.25) is 9.63 Å². The van der Waals surface area contributed by atoms with E-state index in [-0.39, 0.29) is 5.91 Å². The number of carbonyl (C=O) groups excluding carboxylic acids is 1. The van der Waals surface area contributed by atoms with Crippen LogP contribution in [0.25, 0.3) is 6.08 Å². The van der Waals surface area contributed by atoms with Gasteiger partial charge in [-0.05, 0) is 23.8 Å². The van der Waals surface area contributed by atoms with Crippen molar-refractivity contribution in [2.45, 2.75) is 6.92 Å². The lowest BCUT2D eigenvalue weighted by Crippen LogP contribution is -2.26. The zero-order chi connectivity index (χ0) is 12.8. The maximum atomic E-state index is 11.2. The van der Waals surface area contributed by atoms with E-state index in [0.29, 0.717) is 5.69 Å². The summed E-state index contributed by atoms with van der Waals surface area (Å²) in [6, 6.07) is 6.74. The summed E-state index contributed by atoms with van der Waals surface area (Å²) in [7, 11) is 1.40. The first kappa shape index (κ1) is 12.9. The molecule has 90 valence electrons. The number of hydroxylamine groups is 1. The van der Waals surface area contributed by atoms with Crippen LogP contribution in [0.1, 0.15) is 12.5 Å². The Labute approximate surface area is 98.9 Å². The zero-order valence-electron chi connectivity index (χ0n) is 9.58. The van der Waals surface area contributed by atoms with Crippen LogP contribution in [0.15, 0.2) is 30.3 Å². The van der Waals surface area contributed by atoms with E-state index in [2.05, 4.69) is 0 Å². The molecule has 0 heterocycles. The number of carboxylic acid groups (broad SMARTS) is 1. The second kappa shape index (κ2) is 5.81. The molecule has 0 aliphatic heterocycles. The van der Waals surface area contributed by atoms with Gasteiger partial charge in [0.1, 0.15) is 0 Å². The molecule has 0 saturated carbocycles. The van der Waals surface area contributed by atoms with Gasteiger partial charge in [0.25, 0.3) is 0 Å². The van der Waals surface area contributed by atoms with Gasteiger partial charge in [-0.1, -0.05) is 12.1 Å². The number of nitrogens with zero attached hydrogens (tertiary/aromatic N) is 1. The SMILES string of the molecule is CON(C(C)=O)c1ccc(C=CC(=O)O)cc1. The van der Waals surface area contributed by atoms with Gasteiger partial charge in [0.2, 0.25) is 5.91 Å². The van der Waals surface area contributed by atoms with Crippen LogP contribution in [-0.4, -0.2) is 24.1 Å². The van der Waals surface area contributed by atoms with Crippen LogP contribution in [0.4, 0.5) is 5.69 Å². The minimum absolute atomic E-state index is 0.235. The van der Waals surface area contributed by atoms with E-state index >= 15 is 0 Å². The Morgan fingerprint density at radius 1 is 1.29 bits per heavy atom. The average molecular weight is 235 g/mol. The van der Waals surface area contributed by atoms with Gasteiger partial charge in [0.05, 0.1) is 12.8 Å². The van der Waals surface area contributed by atoms with Gasteiger partial charge < -0.3 is 5.11 Å². The minimum Gasteiger partial charge on any atom is -0.478 e. The minimum atomic E-state index is -1.00. The second-order valence-electron chi connectivity index (χ2n) is 3.26. The van der Waals surface area contributed by atoms with Crippen molar-refractivity contribution in [3.05, 3.63) is 35.9 Å². The van der Waals surface area contributed by atoms with E-state index in [1.165, 1.54) is 20.1 Å². The third-order valence-electron chi connectivity index (χ3n) is 2.01. The van der Waals surface area contributed by atoms with Crippen LogP contribution >= 0.6 is 0 Å². The van der Waals surface area contributed by atoms with Gasteiger partial charge in [-0.2, -0.15) is 5.06 Å². The zero-order valence-corrected chi connectivity index (χ0v) is 9.58. The van der Waals surface area contributed by atoms with Crippen molar-refractivity contribution in [2.24, 2.45) is 0 Å². The summed E-state index contributed by atoms with van der Waals surface area (Å²) in [5, 5.41) is 9.61. The average Bonchev–Trinajstić information content (AvgIpc) is 2.28. The first-order valence-electron chi connectivity index (χ1n) is 4.90. The van der Waals surface area contributed by atoms with E-state index in [0.717, 1.165) is 16.7 Å². The van der Waals surface area contributed by atoms with Gasteiger partial charge in [0.15, 0.2) is 0 Å². The molecule has 5 nitrogen and oxygen atoms in total. The molecular formula is C12H13NO4. The molecule has 0 unspecified atom stereocenters. The Kier molecular flexibility index (Phi) is 4.42. The lowest BCUT2D eigenvalue weighted by Gasteiger charge is -2.17. The molecular weight excluding hydrogens is 222 g/mol. The van der Waals surface area contributed by atoms with Gasteiger partial charge in [-0.25, -0.2) is 4.79 Å². The van der Waals surface area contributed by atoms with Crippen LogP contribution in [0.5, 0.6) is 0 Å². The molecule has 5 heteroatoms. The highest BCUT2D eigenvalue weighted by Gasteiger charge is 2.09. The molecule has 0 fully saturated rings. The van der Waals surface area contributed by atoms with Crippen molar-refractivity contribution in [2.75, 3.05) is 12.2 Å². The van der Waals surface area contributed by atoms with Crippen molar-refractivity contribution >= 4 is 23.6 Å². The standard InChI is InChI=1S/C12H13NO4/c1-9(14)13(17-2)11-6-3-10(4-7-11)5-8-12(15)16/h3-8H,1-2H3,(H,15,16). The van der Waals surface area contributed by atoms with Crippen molar-refractivity contribution < 1.29 is 19.5 Å². The third-order valence-corrected chi connectivity index (χ3v) is 2.01. The summed E-state index contributed by atoms with van der Waals surface area (Å²) >= 11 is 0. The molecule has 1 aromatic rings. The molecule has 1 N–H and O–H groups in total. The first-order valence-corrected chi connectivity index (χ1v) is 4.90. The van der Waals surface area contributed by atoms with E-state index in [1.807, 2.05) is 0 Å². The number of hydrogen-bond donors (Lipinski definition) is 1. The Bertz CT molecular complexity index is 436. The monoisotopic (exact) mass is 235 g/mol. The van der Waals surface area contributed by atoms with Crippen LogP contribution in [0, 0.1) is 0 Å². The fourth-order valence-corrected chi connectivity index (χ4v) is 1.30. The summed E-state index contributed by atoms with van der Waals surface area (Å²) < 4.78 is 0. The lowest BCUT2D eigenvalue weighted by molar-refractivity contribution is -0.131. The quantitative estimate of drug-likeness (QED) is 0.637. The molecule has 0 aliphatic carbocycles. The maximum absolute atomic E-state index is 11.2. The predicted octanol–water partition coefficient (Wildman–Crippen LogP) is 1.70. The van der Waals surface area contributed by atoms with E-state index in [1.54, 1.807) is 24.3 Å². The highest BCUT2D eigenvalue weighted by molar-refractivity contribution is 5.89. The summed E-state index contributed by atoms with van der Waals surface area (Å²) in [5.74, 6) is -1.24. The largest absolute Gasteiger partial charge is 0.478 e. The van der Waals surface area contributed by atoms with E-state index in [4.69, 9.17) is 9.94 Å². The Balaban J connectivity index is 2.87. The smallest absolute Gasteiger partial charge is 0.328 e. The molecule has 1 amide bonds. The van der Waals surface area contributed by atoms with Crippen molar-refractivity contribution in [3.63, 3.8) is 0 Å². The van der Waals surface area contributed by atoms with Crippen molar-refractivity contribution in [1.82, 2.24) is 0 Å². The van der Waals surface area contributed by atoms with Crippen LogP contribution in [0.3, 0.4) is 0 Å². The lowest BCUT2D eigenvalue weighted by atomic mass is 10.2. The molecule has 0 radical (unpaired) electrons. The van der Waals surface area contributed by atoms with Crippen molar-refractivity contribution in [1.29, 1.82) is 0 Å². The number of carboxylic acids is 1. The fourth-order valence-electron chi connectivity index (χ4n) is 1.30. The summed E-state index contributed by atoms with van der Waals surface area (Å²) in [5.41, 5.74) is 1.32. The number of rotatable bonds is 4. The molecule has 17 heavy (non-hydrogen) atoms. The third kappa shape index (κ3) is 3.73. The first-order chi connectivity index (χ1) is 8.04. The number of aliphatic carboxylic acids is 1. The molecule has 0 aliphatic rings. The molecule has 1 rings (SSSR count). The topological polar surface area (TPSA) is 66.8 Å². The normalized spacial score (nSPS) is 10.5. The highest BCUT2D eigenvalue weighted by atomic mass is 16.7. The van der Waals surface area contributed by atoms with Gasteiger partial charge in [0, 0.05) is 13.0 Å². The van der Waals surface area contributed by atoms with Crippen LogP contribution in [0.2, 0.25) is 0 Å². The van der Waals surface area contributed by atoms with Gasteiger partial charge >= 0.3 is 5.97 Å². The second-order valence-corrected chi connectivity index (χ2v) is 3.26. The molecule has 0 atom stereocenters. The van der Waals surface area contributed by atoms with E-state index < -0.39 is 5.97 Å². The summed E-state index contributed by atoms with van der Waals surface area (Å²) in [6.07, 6.45) is 2.52. The Morgan fingerprint density at radius 2 is 1.88 bits per heavy atom. The molecule has 0 saturated heterocycles. The highest BCUT2D eigenvalue weighted by Crippen LogP contribution is 2.16. The molecule has 0 spiro atoms. The fraction of sp³-hybridized carbons (Fsp3) is 0.167. The van der Waals surface area contributed by atoms with Gasteiger partial charge in [-0.15, -0.1) is 0 Å². The van der Waals surface area contributed by atoms with Crippen LogP contribution in [-0.2, 0) is 14.4 Å². The number of benzene rings is 1. The van der Waals surface area contributed by atoms with Crippen molar-refractivity contribution in [3.8, 4) is 0 Å². The molecule has 0 aromatic heterocycles. The number of amides is 1. The number of hydrogen-bond acceptors (Lipinski definition) is 3.